The summed E-state index contributed by atoms with van der Waals surface area (Å²) >= 11 is 0. The van der Waals surface area contributed by atoms with E-state index in [4.69, 9.17) is 4.74 Å². The third kappa shape index (κ3) is 1.88. The molecule has 0 bridgehead atoms. The molecule has 1 N–H and O–H groups in total. The van der Waals surface area contributed by atoms with Gasteiger partial charge in [-0.15, -0.1) is 0 Å². The van der Waals surface area contributed by atoms with Crippen LogP contribution < -0.4 is 10.1 Å². The first kappa shape index (κ1) is 9.45. The molecule has 1 aliphatic rings. The van der Waals surface area contributed by atoms with Crippen molar-refractivity contribution in [2.24, 2.45) is 0 Å². The molecule has 1 aliphatic heterocycles. The zero-order chi connectivity index (χ0) is 10.8. The van der Waals surface area contributed by atoms with Crippen molar-refractivity contribution < 1.29 is 14.5 Å². The maximum atomic E-state index is 11.0. The van der Waals surface area contributed by atoms with Crippen LogP contribution in [-0.2, 0) is 11.3 Å². The number of non-ortho nitro benzene ring substituents is 1. The number of fused-ring (bicyclic) bond motifs is 1. The van der Waals surface area contributed by atoms with E-state index in [1.165, 1.54) is 18.2 Å². The van der Waals surface area contributed by atoms with E-state index in [2.05, 4.69) is 5.32 Å². The number of nitrogens with zero attached hydrogens (tertiary/aromatic N) is 1. The molecule has 0 unspecified atom stereocenters. The third-order valence-corrected chi connectivity index (χ3v) is 2.09. The Balaban J connectivity index is 2.36. The number of nitro groups is 1. The van der Waals surface area contributed by atoms with Crippen molar-refractivity contribution in [3.8, 4) is 5.75 Å². The number of nitro benzene ring substituents is 1. The number of hydrogen-bond donors (Lipinski definition) is 1. The highest BCUT2D eigenvalue weighted by atomic mass is 16.6. The van der Waals surface area contributed by atoms with Crippen molar-refractivity contribution >= 4 is 11.6 Å². The zero-order valence-corrected chi connectivity index (χ0v) is 7.73. The normalized spacial score (nSPS) is 14.5. The van der Waals surface area contributed by atoms with Crippen LogP contribution in [0.25, 0.3) is 0 Å². The fraction of sp³-hybridized carbons (Fsp3) is 0.222. The molecule has 6 heteroatoms. The molecule has 0 spiro atoms. The topological polar surface area (TPSA) is 81.5 Å². The molecule has 6 nitrogen and oxygen atoms in total. The quantitative estimate of drug-likeness (QED) is 0.541. The predicted molar refractivity (Wildman–Crippen MR) is 50.4 cm³/mol. The molecule has 0 atom stereocenters. The van der Waals surface area contributed by atoms with Gasteiger partial charge >= 0.3 is 0 Å². The molecule has 2 rings (SSSR count). The largest absolute Gasteiger partial charge is 0.483 e. The van der Waals surface area contributed by atoms with Gasteiger partial charge in [0.15, 0.2) is 6.61 Å². The van der Waals surface area contributed by atoms with Crippen LogP contribution in [-0.4, -0.2) is 17.4 Å². The van der Waals surface area contributed by atoms with E-state index in [-0.39, 0.29) is 24.7 Å². The molecule has 0 aromatic heterocycles. The van der Waals surface area contributed by atoms with Crippen LogP contribution in [0.3, 0.4) is 0 Å². The summed E-state index contributed by atoms with van der Waals surface area (Å²) in [6, 6.07) is 4.27. The van der Waals surface area contributed by atoms with Crippen molar-refractivity contribution in [1.82, 2.24) is 5.32 Å². The Morgan fingerprint density at radius 3 is 3.00 bits per heavy atom. The number of ether oxygens (including phenoxy) is 1. The number of rotatable bonds is 1. The van der Waals surface area contributed by atoms with Gasteiger partial charge in [-0.05, 0) is 6.07 Å². The average Bonchev–Trinajstić information content (AvgIpc) is 2.40. The summed E-state index contributed by atoms with van der Waals surface area (Å²) in [7, 11) is 0. The molecule has 78 valence electrons. The van der Waals surface area contributed by atoms with Crippen LogP contribution >= 0.6 is 0 Å². The molecule has 0 radical (unpaired) electrons. The summed E-state index contributed by atoms with van der Waals surface area (Å²) in [5.74, 6) is 0.285. The van der Waals surface area contributed by atoms with Gasteiger partial charge in [-0.2, -0.15) is 0 Å². The van der Waals surface area contributed by atoms with Gasteiger partial charge in [0, 0.05) is 24.2 Å². The standard InChI is InChI=1S/C9H8N2O4/c12-9-5-15-8-2-1-7(11(13)14)3-6(8)4-10-9/h1-3H,4-5H2,(H,10,12). The molecule has 1 amide bonds. The second-order valence-corrected chi connectivity index (χ2v) is 3.11. The highest BCUT2D eigenvalue weighted by Crippen LogP contribution is 2.25. The Hall–Kier alpha value is -2.11. The molecule has 15 heavy (non-hydrogen) atoms. The highest BCUT2D eigenvalue weighted by molar-refractivity contribution is 5.78. The number of nitrogens with one attached hydrogen (secondary N) is 1. The minimum Gasteiger partial charge on any atom is -0.483 e. The summed E-state index contributed by atoms with van der Waals surface area (Å²) in [4.78, 5) is 21.0. The number of carbonyl (C=O) groups excluding carboxylic acids is 1. The Kier molecular flexibility index (Phi) is 2.24. The van der Waals surface area contributed by atoms with E-state index in [9.17, 15) is 14.9 Å². The lowest BCUT2D eigenvalue weighted by Crippen LogP contribution is -2.25. The summed E-state index contributed by atoms with van der Waals surface area (Å²) in [5, 5.41) is 13.1. The maximum Gasteiger partial charge on any atom is 0.270 e. The smallest absolute Gasteiger partial charge is 0.270 e. The average molecular weight is 208 g/mol. The van der Waals surface area contributed by atoms with Crippen molar-refractivity contribution in [3.05, 3.63) is 33.9 Å². The summed E-state index contributed by atoms with van der Waals surface area (Å²) < 4.78 is 5.16. The molecular formula is C9H8N2O4. The number of amides is 1. The lowest BCUT2D eigenvalue weighted by molar-refractivity contribution is -0.384. The SMILES string of the molecule is O=C1COc2ccc([N+](=O)[O-])cc2CN1. The summed E-state index contributed by atoms with van der Waals surface area (Å²) in [6.07, 6.45) is 0. The Morgan fingerprint density at radius 1 is 1.47 bits per heavy atom. The molecule has 1 heterocycles. The van der Waals surface area contributed by atoms with E-state index in [1.807, 2.05) is 0 Å². The predicted octanol–water partition coefficient (Wildman–Crippen LogP) is 0.603. The van der Waals surface area contributed by atoms with Crippen LogP contribution in [0.15, 0.2) is 18.2 Å². The van der Waals surface area contributed by atoms with Crippen LogP contribution in [0.5, 0.6) is 5.75 Å². The molecule has 0 fully saturated rings. The Morgan fingerprint density at radius 2 is 2.27 bits per heavy atom. The Bertz CT molecular complexity index is 430. The Labute approximate surface area is 85.0 Å². The first-order valence-corrected chi connectivity index (χ1v) is 4.33. The van der Waals surface area contributed by atoms with Crippen LogP contribution in [0, 0.1) is 10.1 Å². The number of hydrogen-bond acceptors (Lipinski definition) is 4. The molecule has 1 aromatic rings. The zero-order valence-electron chi connectivity index (χ0n) is 7.73. The van der Waals surface area contributed by atoms with Gasteiger partial charge in [-0.3, -0.25) is 14.9 Å². The molecule has 0 aliphatic carbocycles. The van der Waals surface area contributed by atoms with Crippen LogP contribution in [0.4, 0.5) is 5.69 Å². The van der Waals surface area contributed by atoms with Crippen molar-refractivity contribution in [2.75, 3.05) is 6.61 Å². The second kappa shape index (κ2) is 3.56. The first-order valence-electron chi connectivity index (χ1n) is 4.33. The molecule has 0 saturated carbocycles. The van der Waals surface area contributed by atoms with Gasteiger partial charge in [-0.25, -0.2) is 0 Å². The van der Waals surface area contributed by atoms with Gasteiger partial charge in [0.05, 0.1) is 4.92 Å². The van der Waals surface area contributed by atoms with E-state index in [0.29, 0.717) is 11.3 Å². The molecular weight excluding hydrogens is 200 g/mol. The number of carbonyl (C=O) groups is 1. The lowest BCUT2D eigenvalue weighted by Gasteiger charge is -2.04. The molecule has 0 saturated heterocycles. The van der Waals surface area contributed by atoms with E-state index >= 15 is 0 Å². The third-order valence-electron chi connectivity index (χ3n) is 2.09. The van der Waals surface area contributed by atoms with Crippen molar-refractivity contribution in [1.29, 1.82) is 0 Å². The monoisotopic (exact) mass is 208 g/mol. The fourth-order valence-electron chi connectivity index (χ4n) is 1.35. The van der Waals surface area contributed by atoms with Gasteiger partial charge in [0.25, 0.3) is 11.6 Å². The van der Waals surface area contributed by atoms with E-state index in [1.54, 1.807) is 0 Å². The van der Waals surface area contributed by atoms with Crippen molar-refractivity contribution in [3.63, 3.8) is 0 Å². The summed E-state index contributed by atoms with van der Waals surface area (Å²) in [5.41, 5.74) is 0.614. The van der Waals surface area contributed by atoms with E-state index < -0.39 is 4.92 Å². The second-order valence-electron chi connectivity index (χ2n) is 3.11. The molecule has 1 aromatic carbocycles. The highest BCUT2D eigenvalue weighted by Gasteiger charge is 2.16. The summed E-state index contributed by atoms with van der Waals surface area (Å²) in [6.45, 7) is 0.209. The van der Waals surface area contributed by atoms with Crippen molar-refractivity contribution in [2.45, 2.75) is 6.54 Å². The van der Waals surface area contributed by atoms with Gasteiger partial charge < -0.3 is 10.1 Å². The van der Waals surface area contributed by atoms with Gasteiger partial charge in [0.1, 0.15) is 5.75 Å². The van der Waals surface area contributed by atoms with Gasteiger partial charge in [0.2, 0.25) is 0 Å². The van der Waals surface area contributed by atoms with Crippen LogP contribution in [0.2, 0.25) is 0 Å². The first-order chi connectivity index (χ1) is 7.16. The van der Waals surface area contributed by atoms with Gasteiger partial charge in [-0.1, -0.05) is 0 Å². The fourth-order valence-corrected chi connectivity index (χ4v) is 1.35. The maximum absolute atomic E-state index is 11.0. The van der Waals surface area contributed by atoms with Crippen LogP contribution in [0.1, 0.15) is 5.56 Å². The minimum absolute atomic E-state index is 0.00602. The van der Waals surface area contributed by atoms with E-state index in [0.717, 1.165) is 0 Å². The lowest BCUT2D eigenvalue weighted by atomic mass is 10.2. The number of benzene rings is 1. The minimum atomic E-state index is -0.479.